The summed E-state index contributed by atoms with van der Waals surface area (Å²) in [5, 5.41) is 11.5. The van der Waals surface area contributed by atoms with E-state index in [0.717, 1.165) is 35.5 Å². The third kappa shape index (κ3) is 3.40. The van der Waals surface area contributed by atoms with Crippen LogP contribution in [0.1, 0.15) is 30.8 Å². The Morgan fingerprint density at radius 1 is 1.11 bits per heavy atom. The van der Waals surface area contributed by atoms with E-state index in [1.165, 1.54) is 0 Å². The number of nitrogens with one attached hydrogen (secondary N) is 1. The summed E-state index contributed by atoms with van der Waals surface area (Å²) < 4.78 is 0. The van der Waals surface area contributed by atoms with Gasteiger partial charge in [-0.2, -0.15) is 5.10 Å². The van der Waals surface area contributed by atoms with Crippen molar-refractivity contribution in [2.75, 3.05) is 11.1 Å². The van der Waals surface area contributed by atoms with Crippen molar-refractivity contribution in [1.29, 1.82) is 0 Å². The van der Waals surface area contributed by atoms with Crippen LogP contribution < -0.4 is 11.1 Å². The van der Waals surface area contributed by atoms with Crippen molar-refractivity contribution < 1.29 is 0 Å². The minimum atomic E-state index is 0.566. The summed E-state index contributed by atoms with van der Waals surface area (Å²) in [6.07, 6.45) is 1.73. The lowest BCUT2D eigenvalue weighted by atomic mass is 10.2. The van der Waals surface area contributed by atoms with Crippen LogP contribution >= 0.6 is 0 Å². The van der Waals surface area contributed by atoms with Gasteiger partial charge in [0.1, 0.15) is 0 Å². The molecule has 0 saturated heterocycles. The van der Waals surface area contributed by atoms with Gasteiger partial charge in [0.25, 0.3) is 0 Å². The van der Waals surface area contributed by atoms with Gasteiger partial charge in [0.15, 0.2) is 0 Å². The average Bonchev–Trinajstić information content (AvgIpc) is 2.45. The minimum absolute atomic E-state index is 0.566. The highest BCUT2D eigenvalue weighted by Gasteiger charge is 2.05. The molecule has 0 fully saturated rings. The second kappa shape index (κ2) is 6.13. The largest absolute Gasteiger partial charge is 0.399 e. The number of nitrogens with two attached hydrogens (primary N) is 1. The van der Waals surface area contributed by atoms with E-state index in [1.54, 1.807) is 0 Å². The van der Waals surface area contributed by atoms with Crippen molar-refractivity contribution in [1.82, 2.24) is 15.2 Å². The van der Waals surface area contributed by atoms with Gasteiger partial charge in [-0.15, -0.1) is 5.10 Å². The molecular formula is C14H19N5. The number of nitrogens with zero attached hydrogens (tertiary/aromatic N) is 3. The van der Waals surface area contributed by atoms with E-state index in [2.05, 4.69) is 34.3 Å². The van der Waals surface area contributed by atoms with E-state index in [9.17, 15) is 0 Å². The molecule has 5 heteroatoms. The van der Waals surface area contributed by atoms with Crippen LogP contribution in [0.5, 0.6) is 0 Å². The molecule has 100 valence electrons. The van der Waals surface area contributed by atoms with Gasteiger partial charge in [0.05, 0.1) is 11.4 Å². The van der Waals surface area contributed by atoms with Gasteiger partial charge in [0.2, 0.25) is 5.95 Å². The Morgan fingerprint density at radius 2 is 1.89 bits per heavy atom. The Morgan fingerprint density at radius 3 is 2.58 bits per heavy atom. The first-order chi connectivity index (χ1) is 9.22. The van der Waals surface area contributed by atoms with Crippen molar-refractivity contribution >= 4 is 11.6 Å². The Bertz CT molecular complexity index is 553. The zero-order valence-corrected chi connectivity index (χ0v) is 11.3. The first kappa shape index (κ1) is 13.3. The Balaban J connectivity index is 2.07. The molecule has 0 aliphatic heterocycles. The molecule has 3 N–H and O–H groups in total. The smallest absolute Gasteiger partial charge is 0.243 e. The summed E-state index contributed by atoms with van der Waals surface area (Å²) in [5.41, 5.74) is 9.57. The fraction of sp³-hybridized carbons (Fsp3) is 0.357. The standard InChI is InChI=1S/C14H19N5/c1-3-12-13(4-2)18-19-14(17-12)16-9-10-6-5-7-11(15)8-10/h5-8H,3-4,9,15H2,1-2H3,(H,16,17,19). The zero-order valence-electron chi connectivity index (χ0n) is 11.3. The van der Waals surface area contributed by atoms with Crippen LogP contribution in [0.15, 0.2) is 24.3 Å². The maximum atomic E-state index is 5.74. The molecule has 1 heterocycles. The maximum Gasteiger partial charge on any atom is 0.243 e. The summed E-state index contributed by atoms with van der Waals surface area (Å²) >= 11 is 0. The normalized spacial score (nSPS) is 10.4. The van der Waals surface area contributed by atoms with E-state index in [-0.39, 0.29) is 0 Å². The second-order valence-corrected chi connectivity index (χ2v) is 4.33. The lowest BCUT2D eigenvalue weighted by Gasteiger charge is -2.08. The number of rotatable bonds is 5. The summed E-state index contributed by atoms with van der Waals surface area (Å²) in [6.45, 7) is 4.77. The second-order valence-electron chi connectivity index (χ2n) is 4.33. The monoisotopic (exact) mass is 257 g/mol. The first-order valence-corrected chi connectivity index (χ1v) is 6.53. The number of benzene rings is 1. The highest BCUT2D eigenvalue weighted by Crippen LogP contribution is 2.10. The minimum Gasteiger partial charge on any atom is -0.399 e. The topological polar surface area (TPSA) is 76.7 Å². The molecule has 0 bridgehead atoms. The fourth-order valence-corrected chi connectivity index (χ4v) is 1.90. The lowest BCUT2D eigenvalue weighted by Crippen LogP contribution is -2.09. The van der Waals surface area contributed by atoms with E-state index in [0.29, 0.717) is 12.5 Å². The fourth-order valence-electron chi connectivity index (χ4n) is 1.90. The van der Waals surface area contributed by atoms with E-state index < -0.39 is 0 Å². The summed E-state index contributed by atoms with van der Waals surface area (Å²) in [6, 6.07) is 7.75. The predicted octanol–water partition coefficient (Wildman–Crippen LogP) is 2.19. The Kier molecular flexibility index (Phi) is 4.28. The number of hydrogen-bond donors (Lipinski definition) is 2. The molecule has 0 saturated carbocycles. The summed E-state index contributed by atoms with van der Waals surface area (Å²) in [4.78, 5) is 4.48. The Hall–Kier alpha value is -2.17. The first-order valence-electron chi connectivity index (χ1n) is 6.53. The van der Waals surface area contributed by atoms with Crippen LogP contribution in [-0.4, -0.2) is 15.2 Å². The van der Waals surface area contributed by atoms with Gasteiger partial charge >= 0.3 is 0 Å². The molecule has 1 aromatic heterocycles. The van der Waals surface area contributed by atoms with Crippen LogP contribution in [0.2, 0.25) is 0 Å². The van der Waals surface area contributed by atoms with Crippen molar-refractivity contribution in [2.24, 2.45) is 0 Å². The van der Waals surface area contributed by atoms with Gasteiger partial charge in [-0.3, -0.25) is 0 Å². The number of hydrogen-bond acceptors (Lipinski definition) is 5. The van der Waals surface area contributed by atoms with Gasteiger partial charge in [-0.05, 0) is 30.5 Å². The van der Waals surface area contributed by atoms with Crippen molar-refractivity contribution in [3.8, 4) is 0 Å². The highest BCUT2D eigenvalue weighted by molar-refractivity contribution is 5.41. The molecule has 0 atom stereocenters. The molecule has 0 aliphatic rings. The summed E-state index contributed by atoms with van der Waals surface area (Å²) in [7, 11) is 0. The van der Waals surface area contributed by atoms with E-state index in [4.69, 9.17) is 5.73 Å². The number of anilines is 2. The third-order valence-electron chi connectivity index (χ3n) is 2.91. The molecule has 2 aromatic rings. The molecular weight excluding hydrogens is 238 g/mol. The molecule has 0 unspecified atom stereocenters. The van der Waals surface area contributed by atoms with Crippen LogP contribution in [0.3, 0.4) is 0 Å². The molecule has 1 aromatic carbocycles. The molecule has 0 amide bonds. The van der Waals surface area contributed by atoms with Crippen LogP contribution in [0.4, 0.5) is 11.6 Å². The molecule has 2 rings (SSSR count). The SMILES string of the molecule is CCc1nnc(NCc2cccc(N)c2)nc1CC. The van der Waals surface area contributed by atoms with E-state index in [1.807, 2.05) is 24.3 Å². The van der Waals surface area contributed by atoms with Gasteiger partial charge in [-0.25, -0.2) is 4.98 Å². The number of aromatic nitrogens is 3. The number of nitrogen functional groups attached to an aromatic ring is 1. The third-order valence-corrected chi connectivity index (χ3v) is 2.91. The quantitative estimate of drug-likeness (QED) is 0.803. The molecule has 0 aliphatic carbocycles. The summed E-state index contributed by atoms with van der Waals surface area (Å²) in [5.74, 6) is 0.566. The Labute approximate surface area is 113 Å². The van der Waals surface area contributed by atoms with Gasteiger partial charge < -0.3 is 11.1 Å². The van der Waals surface area contributed by atoms with Crippen LogP contribution in [0, 0.1) is 0 Å². The van der Waals surface area contributed by atoms with Crippen LogP contribution in [0.25, 0.3) is 0 Å². The lowest BCUT2D eigenvalue weighted by molar-refractivity contribution is 0.819. The molecule has 19 heavy (non-hydrogen) atoms. The van der Waals surface area contributed by atoms with Crippen molar-refractivity contribution in [3.05, 3.63) is 41.2 Å². The predicted molar refractivity (Wildman–Crippen MR) is 76.8 cm³/mol. The maximum absolute atomic E-state index is 5.74. The van der Waals surface area contributed by atoms with Gasteiger partial charge in [-0.1, -0.05) is 26.0 Å². The molecule has 0 spiro atoms. The molecule has 5 nitrogen and oxygen atoms in total. The zero-order chi connectivity index (χ0) is 13.7. The van der Waals surface area contributed by atoms with Crippen molar-refractivity contribution in [3.63, 3.8) is 0 Å². The van der Waals surface area contributed by atoms with Crippen molar-refractivity contribution in [2.45, 2.75) is 33.2 Å². The van der Waals surface area contributed by atoms with E-state index >= 15 is 0 Å². The highest BCUT2D eigenvalue weighted by atomic mass is 15.2. The average molecular weight is 257 g/mol. The number of aryl methyl sites for hydroxylation is 2. The van der Waals surface area contributed by atoms with Gasteiger partial charge in [0, 0.05) is 12.2 Å². The molecule has 0 radical (unpaired) electrons. The van der Waals surface area contributed by atoms with Crippen LogP contribution in [-0.2, 0) is 19.4 Å².